The zero-order valence-corrected chi connectivity index (χ0v) is 51.1. The number of oxime groups is 2. The SMILES string of the molecule is CC(=O)N[C@@H](CCC(=O)O)C(=O)NC(CCC(=O)O)C(=O)N[C@@H](CCC(=O)O)C(=O)NC(CCC(=O)O)C(=O)N[C@@H](CCC(=O)O)C(=O)NCCCC[C@@H](C=O)NC(=O)CCCC(=O)NCCC(CCNC(C)(C)/C(C)=N\O)CCNC(C)(C)/C(C)=N\O. The van der Waals surface area contributed by atoms with Crippen LogP contribution in [0.25, 0.3) is 0 Å². The summed E-state index contributed by atoms with van der Waals surface area (Å²) >= 11 is 0. The molecule has 0 spiro atoms. The van der Waals surface area contributed by atoms with Gasteiger partial charge in [0.1, 0.15) is 36.5 Å². The molecule has 0 rings (SSSR count). The van der Waals surface area contributed by atoms with Crippen LogP contribution in [0.5, 0.6) is 0 Å². The number of amides is 8. The van der Waals surface area contributed by atoms with Crippen molar-refractivity contribution in [1.29, 1.82) is 0 Å². The maximum Gasteiger partial charge on any atom is 0.303 e. The Morgan fingerprint density at radius 2 is 0.727 bits per heavy atom. The second-order valence-electron chi connectivity index (χ2n) is 22.2. The molecule has 2 unspecified atom stereocenters. The fourth-order valence-electron chi connectivity index (χ4n) is 8.32. The van der Waals surface area contributed by atoms with Gasteiger partial charge in [0, 0.05) is 65.0 Å². The molecule has 17 N–H and O–H groups in total. The molecule has 0 radical (unpaired) electrons. The first-order valence-electron chi connectivity index (χ1n) is 28.9. The van der Waals surface area contributed by atoms with Crippen LogP contribution in [-0.4, -0.2) is 204 Å². The number of carbonyl (C=O) groups excluding carboxylic acids is 9. The van der Waals surface area contributed by atoms with Gasteiger partial charge in [-0.2, -0.15) is 0 Å². The van der Waals surface area contributed by atoms with Gasteiger partial charge in [-0.25, -0.2) is 0 Å². The molecule has 0 saturated heterocycles. The lowest BCUT2D eigenvalue weighted by molar-refractivity contribution is -0.140. The van der Waals surface area contributed by atoms with Crippen LogP contribution < -0.4 is 53.2 Å². The molecule has 0 aromatic heterocycles. The molecule has 0 bridgehead atoms. The summed E-state index contributed by atoms with van der Waals surface area (Å²) in [5, 5.41) is 97.7. The highest BCUT2D eigenvalue weighted by molar-refractivity contribution is 5.97. The fraction of sp³-hybridized carbons (Fsp3) is 0.709. The number of carboxylic acid groups (broad SMARTS) is 5. The van der Waals surface area contributed by atoms with E-state index >= 15 is 0 Å². The molecule has 0 aliphatic heterocycles. The summed E-state index contributed by atoms with van der Waals surface area (Å²) < 4.78 is 0. The van der Waals surface area contributed by atoms with Gasteiger partial charge < -0.3 is 93.9 Å². The first-order chi connectivity index (χ1) is 41.2. The standard InChI is InChI=1S/C55H92N12O21/c1-32(66-87)54(4,5)58-29-25-35(26-30-59-55(6,7)33(2)67-88)24-28-56-42(70)12-10-13-43(71)61-36(31-68)11-8-9-27-57-49(82)37(14-19-44(72)73)62-51(84)39(16-21-46(76)77)64-53(86)41(18-23-48(80)81)65-52(85)40(17-22-47(78)79)63-50(83)38(60-34(3)69)15-20-45(74)75/h31,35-41,58-59,87-88H,8-30H2,1-7H3,(H,56,70)(H,57,82)(H,60,69)(H,61,71)(H,62,84)(H,63,83)(H,64,86)(H,65,85)(H,72,73)(H,74,75)(H,76,77)(H,78,79)(H,80,81)/b66-32-,67-33-/t36-,37-,38-,39?,40?,41-/m0/s1. The van der Waals surface area contributed by atoms with Crippen LogP contribution in [-0.2, 0) is 67.1 Å². The first-order valence-corrected chi connectivity index (χ1v) is 28.9. The van der Waals surface area contributed by atoms with Crippen molar-refractivity contribution in [2.45, 2.75) is 218 Å². The molecule has 0 saturated carbocycles. The molecule has 6 atom stereocenters. The molecule has 0 fully saturated rings. The Hall–Kier alpha value is -8.36. The maximum atomic E-state index is 13.8. The van der Waals surface area contributed by atoms with E-state index in [-0.39, 0.29) is 56.9 Å². The van der Waals surface area contributed by atoms with Crippen LogP contribution in [0.15, 0.2) is 10.3 Å². The van der Waals surface area contributed by atoms with Gasteiger partial charge in [-0.3, -0.25) is 62.3 Å². The highest BCUT2D eigenvalue weighted by atomic mass is 16.4. The number of carbonyl (C=O) groups is 14. The smallest absolute Gasteiger partial charge is 0.303 e. The van der Waals surface area contributed by atoms with Crippen molar-refractivity contribution in [2.24, 2.45) is 16.2 Å². The van der Waals surface area contributed by atoms with E-state index in [1.165, 1.54) is 0 Å². The van der Waals surface area contributed by atoms with Gasteiger partial charge in [-0.05, 0) is 138 Å². The lowest BCUT2D eigenvalue weighted by Gasteiger charge is -2.28. The van der Waals surface area contributed by atoms with Crippen LogP contribution in [0.3, 0.4) is 0 Å². The fourth-order valence-corrected chi connectivity index (χ4v) is 8.32. The van der Waals surface area contributed by atoms with E-state index in [1.54, 1.807) is 13.8 Å². The Balaban J connectivity index is 5.77. The van der Waals surface area contributed by atoms with Gasteiger partial charge in [-0.1, -0.05) is 10.3 Å². The topological polar surface area (TPSA) is 526 Å². The summed E-state index contributed by atoms with van der Waals surface area (Å²) in [5.74, 6) is -14.3. The van der Waals surface area contributed by atoms with Crippen LogP contribution in [0, 0.1) is 5.92 Å². The van der Waals surface area contributed by atoms with E-state index < -0.39 is 183 Å². The summed E-state index contributed by atoms with van der Waals surface area (Å²) in [6.45, 7) is 13.5. The average molecular weight is 1260 g/mol. The van der Waals surface area contributed by atoms with Gasteiger partial charge in [0.25, 0.3) is 0 Å². The molecule has 0 heterocycles. The summed E-state index contributed by atoms with van der Waals surface area (Å²) in [5.41, 5.74) is -0.0713. The molecule has 0 aliphatic rings. The van der Waals surface area contributed by atoms with E-state index in [1.807, 2.05) is 27.7 Å². The van der Waals surface area contributed by atoms with Gasteiger partial charge in [0.2, 0.25) is 47.3 Å². The monoisotopic (exact) mass is 1260 g/mol. The molecule has 498 valence electrons. The van der Waals surface area contributed by atoms with Crippen LogP contribution in [0.1, 0.15) is 170 Å². The maximum absolute atomic E-state index is 13.8. The normalized spacial score (nSPS) is 13.9. The van der Waals surface area contributed by atoms with Crippen LogP contribution in [0.4, 0.5) is 0 Å². The highest BCUT2D eigenvalue weighted by Crippen LogP contribution is 2.16. The van der Waals surface area contributed by atoms with Crippen molar-refractivity contribution >= 4 is 94.8 Å². The van der Waals surface area contributed by atoms with Crippen molar-refractivity contribution in [2.75, 3.05) is 26.2 Å². The van der Waals surface area contributed by atoms with Crippen molar-refractivity contribution in [3.63, 3.8) is 0 Å². The van der Waals surface area contributed by atoms with E-state index in [0.717, 1.165) is 19.8 Å². The number of aldehydes is 1. The molecule has 88 heavy (non-hydrogen) atoms. The average Bonchev–Trinajstić information content (AvgIpc) is 3.54. The third-order valence-electron chi connectivity index (χ3n) is 14.2. The Morgan fingerprint density at radius 3 is 1.07 bits per heavy atom. The van der Waals surface area contributed by atoms with Crippen molar-refractivity contribution < 1.29 is 103 Å². The predicted octanol–water partition coefficient (Wildman–Crippen LogP) is -0.766. The molecule has 33 heteroatoms. The number of nitrogens with one attached hydrogen (secondary N) is 10. The second kappa shape index (κ2) is 42.5. The van der Waals surface area contributed by atoms with Crippen LogP contribution in [0.2, 0.25) is 0 Å². The third-order valence-corrected chi connectivity index (χ3v) is 14.2. The minimum absolute atomic E-state index is 0.0313. The van der Waals surface area contributed by atoms with Crippen LogP contribution >= 0.6 is 0 Å². The molecule has 33 nitrogen and oxygen atoms in total. The molecule has 0 aliphatic carbocycles. The predicted molar refractivity (Wildman–Crippen MR) is 313 cm³/mol. The Morgan fingerprint density at radius 1 is 0.386 bits per heavy atom. The molecular weight excluding hydrogens is 1160 g/mol. The van der Waals surface area contributed by atoms with Gasteiger partial charge in [0.05, 0.1) is 28.5 Å². The quantitative estimate of drug-likeness (QED) is 0.0117. The van der Waals surface area contributed by atoms with Gasteiger partial charge >= 0.3 is 29.8 Å². The molecule has 0 aromatic carbocycles. The molecular formula is C55H92N12O21. The zero-order valence-electron chi connectivity index (χ0n) is 51.1. The van der Waals surface area contributed by atoms with E-state index in [4.69, 9.17) is 5.11 Å². The number of hydrogen-bond acceptors (Lipinski definition) is 20. The lowest BCUT2D eigenvalue weighted by Crippen LogP contribution is -2.59. The lowest BCUT2D eigenvalue weighted by atomic mass is 9.94. The minimum atomic E-state index is -1.88. The van der Waals surface area contributed by atoms with E-state index in [2.05, 4.69) is 63.5 Å². The van der Waals surface area contributed by atoms with Gasteiger partial charge in [-0.15, -0.1) is 0 Å². The second-order valence-corrected chi connectivity index (χ2v) is 22.2. The third kappa shape index (κ3) is 35.9. The largest absolute Gasteiger partial charge is 0.481 e. The number of unbranched alkanes of at least 4 members (excludes halogenated alkanes) is 1. The van der Waals surface area contributed by atoms with Gasteiger partial charge in [0.15, 0.2) is 0 Å². The number of aliphatic carboxylic acids is 5. The van der Waals surface area contributed by atoms with Crippen molar-refractivity contribution in [3.8, 4) is 0 Å². The number of rotatable bonds is 49. The summed E-state index contributed by atoms with van der Waals surface area (Å²) in [6, 6.07) is -9.59. The Bertz CT molecular complexity index is 2400. The minimum Gasteiger partial charge on any atom is -0.481 e. The molecule has 0 aromatic rings. The van der Waals surface area contributed by atoms with Crippen molar-refractivity contribution in [1.82, 2.24) is 53.2 Å². The first kappa shape index (κ1) is 79.6. The Kier molecular flexibility index (Phi) is 38.4. The summed E-state index contributed by atoms with van der Waals surface area (Å²) in [4.78, 5) is 174. The number of carboxylic acids is 5. The van der Waals surface area contributed by atoms with E-state index in [9.17, 15) is 98.0 Å². The Labute approximate surface area is 509 Å². The zero-order chi connectivity index (χ0) is 67.2. The molecule has 8 amide bonds. The summed E-state index contributed by atoms with van der Waals surface area (Å²) in [6.07, 6.45) is -3.30. The number of hydrogen-bond donors (Lipinski definition) is 17. The highest BCUT2D eigenvalue weighted by Gasteiger charge is 2.34. The number of nitrogens with zero attached hydrogens (tertiary/aromatic N) is 2. The van der Waals surface area contributed by atoms with E-state index in [0.29, 0.717) is 43.8 Å². The summed E-state index contributed by atoms with van der Waals surface area (Å²) in [7, 11) is 0. The van der Waals surface area contributed by atoms with Crippen molar-refractivity contribution in [3.05, 3.63) is 0 Å².